The Hall–Kier alpha value is -0.120. The van der Waals surface area contributed by atoms with Gasteiger partial charge in [0, 0.05) is 19.1 Å². The highest BCUT2D eigenvalue weighted by atomic mass is 16.3. The maximum absolute atomic E-state index is 10.0. The minimum atomic E-state index is -0.522. The highest BCUT2D eigenvalue weighted by Gasteiger charge is 2.21. The molecule has 0 rings (SSSR count). The molecule has 0 aliphatic heterocycles. The van der Waals surface area contributed by atoms with Crippen molar-refractivity contribution in [3.05, 3.63) is 0 Å². The second kappa shape index (κ2) is 6.38. The fourth-order valence-corrected chi connectivity index (χ4v) is 1.20. The van der Waals surface area contributed by atoms with E-state index in [2.05, 4.69) is 31.2 Å². The fourth-order valence-electron chi connectivity index (χ4n) is 1.20. The average Bonchev–Trinajstić information content (AvgIpc) is 2.17. The molecule has 0 aromatic rings. The van der Waals surface area contributed by atoms with E-state index in [0.29, 0.717) is 12.6 Å². The number of hydrogen-bond donors (Lipinski definition) is 2. The Labute approximate surface area is 88.5 Å². The van der Waals surface area contributed by atoms with Crippen LogP contribution in [0, 0.1) is 0 Å². The Kier molecular flexibility index (Phi) is 6.33. The van der Waals surface area contributed by atoms with Crippen LogP contribution >= 0.6 is 0 Å². The van der Waals surface area contributed by atoms with Crippen molar-refractivity contribution in [2.45, 2.75) is 45.3 Å². The number of nitrogens with one attached hydrogen (secondary N) is 1. The van der Waals surface area contributed by atoms with Crippen LogP contribution in [-0.2, 0) is 0 Å². The van der Waals surface area contributed by atoms with Gasteiger partial charge in [0.1, 0.15) is 0 Å². The number of hydrogen-bond acceptors (Lipinski definition) is 3. The molecular formula is C11H26N2O. The SMILES string of the molecule is CCC(O)(CC)CNCC(C)N(C)C. The molecule has 0 heterocycles. The summed E-state index contributed by atoms with van der Waals surface area (Å²) >= 11 is 0. The van der Waals surface area contributed by atoms with E-state index in [1.54, 1.807) is 0 Å². The first-order chi connectivity index (χ1) is 6.45. The summed E-state index contributed by atoms with van der Waals surface area (Å²) in [6, 6.07) is 0.507. The first-order valence-corrected chi connectivity index (χ1v) is 5.54. The van der Waals surface area contributed by atoms with Gasteiger partial charge in [0.25, 0.3) is 0 Å². The maximum atomic E-state index is 10.0. The third-order valence-electron chi connectivity index (χ3n) is 3.09. The molecule has 0 radical (unpaired) electrons. The van der Waals surface area contributed by atoms with Gasteiger partial charge in [-0.15, -0.1) is 0 Å². The smallest absolute Gasteiger partial charge is 0.0766 e. The standard InChI is InChI=1S/C11H26N2O/c1-6-11(14,7-2)9-12-8-10(3)13(4)5/h10,12,14H,6-9H2,1-5H3. The van der Waals surface area contributed by atoms with Crippen molar-refractivity contribution in [3.63, 3.8) is 0 Å². The normalized spacial score (nSPS) is 14.8. The molecule has 0 spiro atoms. The quantitative estimate of drug-likeness (QED) is 0.648. The predicted molar refractivity (Wildman–Crippen MR) is 61.6 cm³/mol. The molecule has 0 aromatic carbocycles. The molecule has 0 fully saturated rings. The van der Waals surface area contributed by atoms with Crippen molar-refractivity contribution in [1.29, 1.82) is 0 Å². The molecule has 1 unspecified atom stereocenters. The summed E-state index contributed by atoms with van der Waals surface area (Å²) in [6.07, 6.45) is 1.62. The molecule has 0 aliphatic rings. The molecule has 86 valence electrons. The highest BCUT2D eigenvalue weighted by Crippen LogP contribution is 2.12. The van der Waals surface area contributed by atoms with Gasteiger partial charge in [-0.2, -0.15) is 0 Å². The lowest BCUT2D eigenvalue weighted by Crippen LogP contribution is -2.44. The third-order valence-corrected chi connectivity index (χ3v) is 3.09. The molecule has 0 aliphatic carbocycles. The number of nitrogens with zero attached hydrogens (tertiary/aromatic N) is 1. The number of aliphatic hydroxyl groups is 1. The van der Waals surface area contributed by atoms with Crippen LogP contribution in [-0.4, -0.2) is 48.8 Å². The van der Waals surface area contributed by atoms with Crippen molar-refractivity contribution in [1.82, 2.24) is 10.2 Å². The van der Waals surface area contributed by atoms with Crippen LogP contribution in [0.3, 0.4) is 0 Å². The minimum absolute atomic E-state index is 0.507. The van der Waals surface area contributed by atoms with E-state index in [1.165, 1.54) is 0 Å². The second-order valence-corrected chi connectivity index (χ2v) is 4.37. The zero-order chi connectivity index (χ0) is 11.2. The van der Waals surface area contributed by atoms with Crippen molar-refractivity contribution in [3.8, 4) is 0 Å². The zero-order valence-electron chi connectivity index (χ0n) is 10.3. The monoisotopic (exact) mass is 202 g/mol. The molecule has 0 saturated heterocycles. The first kappa shape index (κ1) is 13.9. The van der Waals surface area contributed by atoms with Crippen molar-refractivity contribution < 1.29 is 5.11 Å². The summed E-state index contributed by atoms with van der Waals surface area (Å²) in [7, 11) is 4.14. The molecule has 14 heavy (non-hydrogen) atoms. The van der Waals surface area contributed by atoms with Crippen LogP contribution in [0.5, 0.6) is 0 Å². The molecule has 2 N–H and O–H groups in total. The average molecular weight is 202 g/mol. The topological polar surface area (TPSA) is 35.5 Å². The molecule has 0 amide bonds. The molecule has 0 saturated carbocycles. The van der Waals surface area contributed by atoms with Gasteiger partial charge in [0.2, 0.25) is 0 Å². The Morgan fingerprint density at radius 1 is 1.29 bits per heavy atom. The van der Waals surface area contributed by atoms with Crippen molar-refractivity contribution >= 4 is 0 Å². The van der Waals surface area contributed by atoms with E-state index in [0.717, 1.165) is 19.4 Å². The largest absolute Gasteiger partial charge is 0.389 e. The van der Waals surface area contributed by atoms with Gasteiger partial charge in [0.05, 0.1) is 5.60 Å². The van der Waals surface area contributed by atoms with Gasteiger partial charge < -0.3 is 15.3 Å². The molecular weight excluding hydrogens is 176 g/mol. The van der Waals surface area contributed by atoms with Gasteiger partial charge in [0.15, 0.2) is 0 Å². The lowest BCUT2D eigenvalue weighted by molar-refractivity contribution is 0.0315. The summed E-state index contributed by atoms with van der Waals surface area (Å²) in [5, 5.41) is 13.3. The van der Waals surface area contributed by atoms with Gasteiger partial charge >= 0.3 is 0 Å². The van der Waals surface area contributed by atoms with Crippen LogP contribution < -0.4 is 5.32 Å². The van der Waals surface area contributed by atoms with Gasteiger partial charge in [-0.25, -0.2) is 0 Å². The third kappa shape index (κ3) is 4.94. The Morgan fingerprint density at radius 3 is 2.14 bits per heavy atom. The molecule has 3 nitrogen and oxygen atoms in total. The lowest BCUT2D eigenvalue weighted by atomic mass is 9.97. The maximum Gasteiger partial charge on any atom is 0.0766 e. The van der Waals surface area contributed by atoms with E-state index in [4.69, 9.17) is 0 Å². The summed E-state index contributed by atoms with van der Waals surface area (Å²) in [5.74, 6) is 0. The highest BCUT2D eigenvalue weighted by molar-refractivity contribution is 4.78. The summed E-state index contributed by atoms with van der Waals surface area (Å²) in [4.78, 5) is 2.17. The first-order valence-electron chi connectivity index (χ1n) is 5.54. The zero-order valence-corrected chi connectivity index (χ0v) is 10.3. The van der Waals surface area contributed by atoms with E-state index in [1.807, 2.05) is 13.8 Å². The van der Waals surface area contributed by atoms with E-state index < -0.39 is 5.60 Å². The molecule has 3 heteroatoms. The minimum Gasteiger partial charge on any atom is -0.389 e. The summed E-state index contributed by atoms with van der Waals surface area (Å²) in [5.41, 5.74) is -0.522. The van der Waals surface area contributed by atoms with E-state index in [9.17, 15) is 5.11 Å². The van der Waals surface area contributed by atoms with Gasteiger partial charge in [-0.3, -0.25) is 0 Å². The van der Waals surface area contributed by atoms with Crippen molar-refractivity contribution in [2.24, 2.45) is 0 Å². The number of likely N-dealkylation sites (N-methyl/N-ethyl adjacent to an activating group) is 1. The Bertz CT molecular complexity index is 144. The van der Waals surface area contributed by atoms with Crippen LogP contribution in [0.2, 0.25) is 0 Å². The molecule has 1 atom stereocenters. The van der Waals surface area contributed by atoms with Crippen LogP contribution in [0.1, 0.15) is 33.6 Å². The van der Waals surface area contributed by atoms with Gasteiger partial charge in [-0.1, -0.05) is 13.8 Å². The lowest BCUT2D eigenvalue weighted by Gasteiger charge is -2.27. The Morgan fingerprint density at radius 2 is 1.79 bits per heavy atom. The predicted octanol–water partition coefficient (Wildman–Crippen LogP) is 1.08. The number of rotatable bonds is 7. The van der Waals surface area contributed by atoms with Crippen LogP contribution in [0.25, 0.3) is 0 Å². The van der Waals surface area contributed by atoms with Gasteiger partial charge in [-0.05, 0) is 33.9 Å². The van der Waals surface area contributed by atoms with E-state index >= 15 is 0 Å². The fraction of sp³-hybridized carbons (Fsp3) is 1.00. The van der Waals surface area contributed by atoms with E-state index in [-0.39, 0.29) is 0 Å². The molecule has 0 bridgehead atoms. The van der Waals surface area contributed by atoms with Crippen LogP contribution in [0.4, 0.5) is 0 Å². The van der Waals surface area contributed by atoms with Crippen molar-refractivity contribution in [2.75, 3.05) is 27.2 Å². The summed E-state index contributed by atoms with van der Waals surface area (Å²) < 4.78 is 0. The Balaban J connectivity index is 3.72. The second-order valence-electron chi connectivity index (χ2n) is 4.37. The van der Waals surface area contributed by atoms with Crippen LogP contribution in [0.15, 0.2) is 0 Å². The molecule has 0 aromatic heterocycles. The summed E-state index contributed by atoms with van der Waals surface area (Å²) in [6.45, 7) is 7.85.